The van der Waals surface area contributed by atoms with Crippen molar-refractivity contribution in [3.05, 3.63) is 23.3 Å². The summed E-state index contributed by atoms with van der Waals surface area (Å²) in [6.07, 6.45) is 0. The second-order valence-electron chi connectivity index (χ2n) is 3.96. The topological polar surface area (TPSA) is 76.2 Å². The van der Waals surface area contributed by atoms with Gasteiger partial charge in [-0.1, -0.05) is 13.8 Å². The van der Waals surface area contributed by atoms with E-state index in [9.17, 15) is 4.79 Å². The first-order chi connectivity index (χ1) is 7.49. The standard InChI is InChI=1S/C11H12N2O3/c1-5(2)9-12-6(3)7-4-8(11(14)15)16-10(7)13-9/h4-5H,1-3H3,(H,14,15). The van der Waals surface area contributed by atoms with Crippen LogP contribution in [0.2, 0.25) is 0 Å². The molecule has 0 spiro atoms. The summed E-state index contributed by atoms with van der Waals surface area (Å²) in [5.74, 6) is -0.352. The van der Waals surface area contributed by atoms with Crippen LogP contribution in [0.5, 0.6) is 0 Å². The number of carboxylic acids is 1. The summed E-state index contributed by atoms with van der Waals surface area (Å²) in [6, 6.07) is 1.46. The Morgan fingerprint density at radius 3 is 2.69 bits per heavy atom. The Kier molecular flexibility index (Phi) is 2.38. The Morgan fingerprint density at radius 2 is 2.12 bits per heavy atom. The fraction of sp³-hybridized carbons (Fsp3) is 0.364. The molecule has 5 heteroatoms. The molecule has 2 aromatic heterocycles. The average Bonchev–Trinajstić information content (AvgIpc) is 2.61. The molecular formula is C11H12N2O3. The van der Waals surface area contributed by atoms with Gasteiger partial charge in [0.1, 0.15) is 5.82 Å². The van der Waals surface area contributed by atoms with Crippen LogP contribution in [0.4, 0.5) is 0 Å². The van der Waals surface area contributed by atoms with Crippen LogP contribution in [0.25, 0.3) is 11.1 Å². The molecule has 0 radical (unpaired) electrons. The Bertz CT molecular complexity index is 558. The zero-order chi connectivity index (χ0) is 11.9. The summed E-state index contributed by atoms with van der Waals surface area (Å²) >= 11 is 0. The highest BCUT2D eigenvalue weighted by Gasteiger charge is 2.15. The van der Waals surface area contributed by atoms with E-state index in [4.69, 9.17) is 9.52 Å². The van der Waals surface area contributed by atoms with Gasteiger partial charge in [0, 0.05) is 12.0 Å². The van der Waals surface area contributed by atoms with Crippen LogP contribution in [0, 0.1) is 6.92 Å². The number of carbonyl (C=O) groups is 1. The zero-order valence-corrected chi connectivity index (χ0v) is 9.31. The largest absolute Gasteiger partial charge is 0.475 e. The second-order valence-corrected chi connectivity index (χ2v) is 3.96. The molecule has 0 bridgehead atoms. The third-order valence-electron chi connectivity index (χ3n) is 2.33. The molecular weight excluding hydrogens is 208 g/mol. The molecule has 2 rings (SSSR count). The van der Waals surface area contributed by atoms with Gasteiger partial charge in [0.15, 0.2) is 0 Å². The molecule has 5 nitrogen and oxygen atoms in total. The predicted molar refractivity (Wildman–Crippen MR) is 57.6 cm³/mol. The number of aryl methyl sites for hydroxylation is 1. The highest BCUT2D eigenvalue weighted by Crippen LogP contribution is 2.22. The lowest BCUT2D eigenvalue weighted by Gasteiger charge is -2.03. The quantitative estimate of drug-likeness (QED) is 0.840. The maximum atomic E-state index is 10.8. The lowest BCUT2D eigenvalue weighted by molar-refractivity contribution is 0.0664. The number of nitrogens with zero attached hydrogens (tertiary/aromatic N) is 2. The molecule has 0 fully saturated rings. The van der Waals surface area contributed by atoms with Gasteiger partial charge < -0.3 is 9.52 Å². The lowest BCUT2D eigenvalue weighted by atomic mass is 10.2. The van der Waals surface area contributed by atoms with Crippen LogP contribution in [0.3, 0.4) is 0 Å². The van der Waals surface area contributed by atoms with Crippen LogP contribution in [0.15, 0.2) is 10.5 Å². The molecule has 1 N–H and O–H groups in total. The van der Waals surface area contributed by atoms with E-state index in [0.29, 0.717) is 16.9 Å². The Morgan fingerprint density at radius 1 is 1.44 bits per heavy atom. The van der Waals surface area contributed by atoms with E-state index in [1.165, 1.54) is 6.07 Å². The smallest absolute Gasteiger partial charge is 0.371 e. The minimum absolute atomic E-state index is 0.103. The van der Waals surface area contributed by atoms with E-state index in [1.54, 1.807) is 0 Å². The van der Waals surface area contributed by atoms with Gasteiger partial charge in [0.25, 0.3) is 0 Å². The zero-order valence-electron chi connectivity index (χ0n) is 9.31. The van der Waals surface area contributed by atoms with Crippen LogP contribution in [-0.4, -0.2) is 21.0 Å². The van der Waals surface area contributed by atoms with Crippen molar-refractivity contribution >= 4 is 17.1 Å². The minimum Gasteiger partial charge on any atom is -0.475 e. The monoisotopic (exact) mass is 220 g/mol. The third-order valence-corrected chi connectivity index (χ3v) is 2.33. The minimum atomic E-state index is -1.09. The van der Waals surface area contributed by atoms with Crippen molar-refractivity contribution in [3.63, 3.8) is 0 Å². The van der Waals surface area contributed by atoms with Gasteiger partial charge in [-0.3, -0.25) is 0 Å². The molecule has 0 atom stereocenters. The summed E-state index contributed by atoms with van der Waals surface area (Å²) in [4.78, 5) is 19.3. The fourth-order valence-corrected chi connectivity index (χ4v) is 1.45. The molecule has 0 saturated heterocycles. The van der Waals surface area contributed by atoms with Crippen molar-refractivity contribution in [2.45, 2.75) is 26.7 Å². The van der Waals surface area contributed by atoms with Gasteiger partial charge >= 0.3 is 5.97 Å². The van der Waals surface area contributed by atoms with Crippen molar-refractivity contribution < 1.29 is 14.3 Å². The van der Waals surface area contributed by atoms with Crippen LogP contribution >= 0.6 is 0 Å². The van der Waals surface area contributed by atoms with E-state index in [-0.39, 0.29) is 11.7 Å². The normalized spacial score (nSPS) is 11.2. The molecule has 0 unspecified atom stereocenters. The summed E-state index contributed by atoms with van der Waals surface area (Å²) in [5, 5.41) is 9.47. The van der Waals surface area contributed by atoms with E-state index >= 15 is 0 Å². The molecule has 0 aliphatic carbocycles. The number of rotatable bonds is 2. The summed E-state index contributed by atoms with van der Waals surface area (Å²) in [7, 11) is 0. The number of furan rings is 1. The summed E-state index contributed by atoms with van der Waals surface area (Å²) in [6.45, 7) is 5.76. The van der Waals surface area contributed by atoms with Gasteiger partial charge in [-0.05, 0) is 6.92 Å². The summed E-state index contributed by atoms with van der Waals surface area (Å²) < 4.78 is 5.15. The maximum absolute atomic E-state index is 10.8. The van der Waals surface area contributed by atoms with Gasteiger partial charge in [0.05, 0.1) is 11.1 Å². The fourth-order valence-electron chi connectivity index (χ4n) is 1.45. The molecule has 0 aliphatic rings. The first-order valence-electron chi connectivity index (χ1n) is 5.00. The molecule has 0 aliphatic heterocycles. The molecule has 16 heavy (non-hydrogen) atoms. The Balaban J connectivity index is 2.68. The van der Waals surface area contributed by atoms with Gasteiger partial charge in [-0.25, -0.2) is 9.78 Å². The third kappa shape index (κ3) is 1.64. The highest BCUT2D eigenvalue weighted by atomic mass is 16.4. The van der Waals surface area contributed by atoms with Crippen LogP contribution in [0.1, 0.15) is 41.8 Å². The van der Waals surface area contributed by atoms with Gasteiger partial charge in [0.2, 0.25) is 11.5 Å². The van der Waals surface area contributed by atoms with Crippen molar-refractivity contribution in [1.29, 1.82) is 0 Å². The maximum Gasteiger partial charge on any atom is 0.371 e. The number of carboxylic acid groups (broad SMARTS) is 1. The molecule has 2 aromatic rings. The van der Waals surface area contributed by atoms with E-state index in [1.807, 2.05) is 20.8 Å². The van der Waals surface area contributed by atoms with Crippen molar-refractivity contribution in [2.75, 3.05) is 0 Å². The first kappa shape index (κ1) is 10.6. The highest BCUT2D eigenvalue weighted by molar-refractivity contribution is 5.90. The Hall–Kier alpha value is -1.91. The van der Waals surface area contributed by atoms with E-state index in [2.05, 4.69) is 9.97 Å². The second kappa shape index (κ2) is 3.59. The molecule has 2 heterocycles. The van der Waals surface area contributed by atoms with Crippen LogP contribution in [-0.2, 0) is 0 Å². The molecule has 84 valence electrons. The SMILES string of the molecule is Cc1nc(C(C)C)nc2oc(C(=O)O)cc12. The number of fused-ring (bicyclic) bond motifs is 1. The van der Waals surface area contributed by atoms with Gasteiger partial charge in [-0.15, -0.1) is 0 Å². The number of aromatic carboxylic acids is 1. The predicted octanol–water partition coefficient (Wildman–Crippen LogP) is 2.35. The van der Waals surface area contributed by atoms with Crippen molar-refractivity contribution in [1.82, 2.24) is 9.97 Å². The number of aromatic nitrogens is 2. The van der Waals surface area contributed by atoms with Crippen molar-refractivity contribution in [2.24, 2.45) is 0 Å². The molecule has 0 saturated carbocycles. The number of hydrogen-bond acceptors (Lipinski definition) is 4. The van der Waals surface area contributed by atoms with Crippen LogP contribution < -0.4 is 0 Å². The Labute approximate surface area is 92.1 Å². The van der Waals surface area contributed by atoms with Crippen molar-refractivity contribution in [3.8, 4) is 0 Å². The first-order valence-corrected chi connectivity index (χ1v) is 5.00. The lowest BCUT2D eigenvalue weighted by Crippen LogP contribution is -1.98. The van der Waals surface area contributed by atoms with E-state index < -0.39 is 5.97 Å². The van der Waals surface area contributed by atoms with E-state index in [0.717, 1.165) is 5.69 Å². The summed E-state index contributed by atoms with van der Waals surface area (Å²) in [5.41, 5.74) is 1.08. The molecule has 0 aromatic carbocycles. The number of hydrogen-bond donors (Lipinski definition) is 1. The van der Waals surface area contributed by atoms with Gasteiger partial charge in [-0.2, -0.15) is 4.98 Å². The average molecular weight is 220 g/mol. The molecule has 0 amide bonds.